The van der Waals surface area contributed by atoms with Crippen molar-refractivity contribution in [2.24, 2.45) is 0 Å². The van der Waals surface area contributed by atoms with Gasteiger partial charge in [0.15, 0.2) is 0 Å². The summed E-state index contributed by atoms with van der Waals surface area (Å²) in [5.41, 5.74) is -0.148. The molecule has 0 aliphatic heterocycles. The van der Waals surface area contributed by atoms with Gasteiger partial charge >= 0.3 is 11.2 Å². The van der Waals surface area contributed by atoms with Crippen LogP contribution in [0.2, 0.25) is 0 Å². The number of pyridine rings is 1. The maximum Gasteiger partial charge on any atom is 0.334 e. The highest BCUT2D eigenvalue weighted by Crippen LogP contribution is 2.11. The van der Waals surface area contributed by atoms with Crippen LogP contribution < -0.4 is 5.56 Å². The van der Waals surface area contributed by atoms with Crippen molar-refractivity contribution in [3.8, 4) is 0 Å². The Labute approximate surface area is 99.5 Å². The predicted octanol–water partition coefficient (Wildman–Crippen LogP) is 2.81. The molecule has 5 nitrogen and oxygen atoms in total. The second kappa shape index (κ2) is 5.98. The summed E-state index contributed by atoms with van der Waals surface area (Å²) in [6, 6.07) is 2.75. The molecule has 1 rings (SSSR count). The number of unbranched alkanes of at least 4 members (excludes halogenated alkanes) is 1. The molecule has 1 heterocycles. The van der Waals surface area contributed by atoms with E-state index in [1.54, 1.807) is 6.20 Å². The Morgan fingerprint density at radius 3 is 2.76 bits per heavy atom. The molecule has 17 heavy (non-hydrogen) atoms. The minimum absolute atomic E-state index is 0.386. The van der Waals surface area contributed by atoms with E-state index in [1.807, 2.05) is 19.9 Å². The maximum atomic E-state index is 11.9. The molecule has 0 unspecified atom stereocenters. The van der Waals surface area contributed by atoms with E-state index in [1.165, 1.54) is 16.7 Å². The Bertz CT molecular complexity index is 489. The normalized spacial score (nSPS) is 11.5. The number of aromatic nitrogens is 1. The molecule has 1 aromatic rings. The fourth-order valence-electron chi connectivity index (χ4n) is 1.57. The van der Waals surface area contributed by atoms with Crippen LogP contribution in [0.4, 0.5) is 5.69 Å². The van der Waals surface area contributed by atoms with E-state index < -0.39 is 10.5 Å². The average molecular weight is 236 g/mol. The summed E-state index contributed by atoms with van der Waals surface area (Å²) in [6.45, 7) is 3.97. The van der Waals surface area contributed by atoms with Crippen LogP contribution in [0.3, 0.4) is 0 Å². The van der Waals surface area contributed by atoms with E-state index in [0.29, 0.717) is 6.42 Å². The fraction of sp³-hybridized carbons (Fsp3) is 0.417. The molecular weight excluding hydrogens is 220 g/mol. The summed E-state index contributed by atoms with van der Waals surface area (Å²) < 4.78 is 1.35. The van der Waals surface area contributed by atoms with Crippen molar-refractivity contribution in [3.63, 3.8) is 0 Å². The van der Waals surface area contributed by atoms with Crippen molar-refractivity contribution in [3.05, 3.63) is 44.9 Å². The molecule has 0 spiro atoms. The van der Waals surface area contributed by atoms with Gasteiger partial charge in [0.2, 0.25) is 0 Å². The third-order valence-corrected chi connectivity index (χ3v) is 2.46. The topological polar surface area (TPSA) is 65.1 Å². The van der Waals surface area contributed by atoms with Crippen molar-refractivity contribution >= 4 is 11.4 Å². The lowest BCUT2D eigenvalue weighted by Gasteiger charge is -2.07. The van der Waals surface area contributed by atoms with Gasteiger partial charge in [-0.3, -0.25) is 19.5 Å². The average Bonchev–Trinajstić information content (AvgIpc) is 2.31. The summed E-state index contributed by atoms with van der Waals surface area (Å²) in [5, 5.41) is 10.7. The highest BCUT2D eigenvalue weighted by molar-refractivity contribution is 5.46. The van der Waals surface area contributed by atoms with Gasteiger partial charge in [0.25, 0.3) is 0 Å². The van der Waals surface area contributed by atoms with Crippen molar-refractivity contribution in [1.29, 1.82) is 0 Å². The van der Waals surface area contributed by atoms with E-state index in [9.17, 15) is 14.9 Å². The minimum atomic E-state index is -0.647. The Hall–Kier alpha value is -1.91. The Morgan fingerprint density at radius 1 is 1.53 bits per heavy atom. The molecule has 1 aromatic heterocycles. The third kappa shape index (κ3) is 3.03. The zero-order valence-corrected chi connectivity index (χ0v) is 10.0. The molecule has 0 saturated heterocycles. The number of hydrogen-bond donors (Lipinski definition) is 0. The molecule has 0 bridgehead atoms. The third-order valence-electron chi connectivity index (χ3n) is 2.46. The second-order valence-corrected chi connectivity index (χ2v) is 3.66. The van der Waals surface area contributed by atoms with Crippen LogP contribution in [0.25, 0.3) is 5.70 Å². The number of rotatable bonds is 5. The quantitative estimate of drug-likeness (QED) is 0.583. The molecule has 0 saturated carbocycles. The van der Waals surface area contributed by atoms with Gasteiger partial charge in [0, 0.05) is 18.0 Å². The van der Waals surface area contributed by atoms with Gasteiger partial charge in [0.1, 0.15) is 0 Å². The first-order valence-corrected chi connectivity index (χ1v) is 5.67. The SMILES string of the molecule is CCC/C=C(\CC)n1cccc([N+](=O)[O-])c1=O. The molecule has 0 fully saturated rings. The fourth-order valence-corrected chi connectivity index (χ4v) is 1.57. The van der Waals surface area contributed by atoms with Crippen molar-refractivity contribution in [2.75, 3.05) is 0 Å². The van der Waals surface area contributed by atoms with Gasteiger partial charge < -0.3 is 0 Å². The number of hydrogen-bond acceptors (Lipinski definition) is 3. The summed E-state index contributed by atoms with van der Waals surface area (Å²) in [7, 11) is 0. The zero-order valence-electron chi connectivity index (χ0n) is 10.0. The molecule has 0 aliphatic rings. The van der Waals surface area contributed by atoms with Gasteiger partial charge in [-0.1, -0.05) is 26.3 Å². The van der Waals surface area contributed by atoms with Crippen LogP contribution >= 0.6 is 0 Å². The zero-order chi connectivity index (χ0) is 12.8. The Balaban J connectivity index is 3.26. The predicted molar refractivity (Wildman–Crippen MR) is 66.8 cm³/mol. The Morgan fingerprint density at radius 2 is 2.24 bits per heavy atom. The second-order valence-electron chi connectivity index (χ2n) is 3.66. The first-order valence-electron chi connectivity index (χ1n) is 5.67. The van der Waals surface area contributed by atoms with Gasteiger partial charge in [-0.2, -0.15) is 0 Å². The first-order chi connectivity index (χ1) is 8.11. The highest BCUT2D eigenvalue weighted by atomic mass is 16.6. The number of nitrogens with zero attached hydrogens (tertiary/aromatic N) is 2. The van der Waals surface area contributed by atoms with Gasteiger partial charge in [-0.15, -0.1) is 0 Å². The largest absolute Gasteiger partial charge is 0.334 e. The smallest absolute Gasteiger partial charge is 0.283 e. The lowest BCUT2D eigenvalue weighted by atomic mass is 10.2. The van der Waals surface area contributed by atoms with E-state index in [4.69, 9.17) is 0 Å². The monoisotopic (exact) mass is 236 g/mol. The lowest BCUT2D eigenvalue weighted by molar-refractivity contribution is -0.386. The van der Waals surface area contributed by atoms with Gasteiger partial charge in [-0.05, 0) is 18.9 Å². The first kappa shape index (κ1) is 13.2. The van der Waals surface area contributed by atoms with E-state index in [2.05, 4.69) is 0 Å². The summed E-state index contributed by atoms with van der Waals surface area (Å²) in [6.07, 6.45) is 6.03. The van der Waals surface area contributed by atoms with Crippen LogP contribution in [0.1, 0.15) is 33.1 Å². The van der Waals surface area contributed by atoms with Crippen LogP contribution in [0, 0.1) is 10.1 Å². The molecule has 0 aromatic carbocycles. The molecular formula is C12H16N2O3. The summed E-state index contributed by atoms with van der Waals surface area (Å²) in [5.74, 6) is 0. The summed E-state index contributed by atoms with van der Waals surface area (Å²) >= 11 is 0. The standard InChI is InChI=1S/C12H16N2O3/c1-3-5-7-10(4-2)13-9-6-8-11(12(13)15)14(16)17/h6-9H,3-5H2,1-2H3/b10-7+. The summed E-state index contributed by atoms with van der Waals surface area (Å²) in [4.78, 5) is 21.9. The number of nitro groups is 1. The molecule has 0 atom stereocenters. The number of allylic oxidation sites excluding steroid dienone is 2. The lowest BCUT2D eigenvalue weighted by Crippen LogP contribution is -2.21. The van der Waals surface area contributed by atoms with Crippen LogP contribution in [-0.4, -0.2) is 9.49 Å². The maximum absolute atomic E-state index is 11.9. The molecule has 0 amide bonds. The van der Waals surface area contributed by atoms with Crippen molar-refractivity contribution < 1.29 is 4.92 Å². The van der Waals surface area contributed by atoms with Crippen LogP contribution in [-0.2, 0) is 0 Å². The van der Waals surface area contributed by atoms with Gasteiger partial charge in [0.05, 0.1) is 4.92 Å². The Kier molecular flexibility index (Phi) is 4.63. The molecule has 0 aliphatic carbocycles. The molecule has 92 valence electrons. The molecule has 0 N–H and O–H groups in total. The molecule has 5 heteroatoms. The molecule has 0 radical (unpaired) electrons. The van der Waals surface area contributed by atoms with Gasteiger partial charge in [-0.25, -0.2) is 0 Å². The van der Waals surface area contributed by atoms with E-state index >= 15 is 0 Å². The van der Waals surface area contributed by atoms with Crippen molar-refractivity contribution in [1.82, 2.24) is 4.57 Å². The van der Waals surface area contributed by atoms with Crippen molar-refractivity contribution in [2.45, 2.75) is 33.1 Å². The van der Waals surface area contributed by atoms with E-state index in [0.717, 1.165) is 18.5 Å². The minimum Gasteiger partial charge on any atom is -0.283 e. The highest BCUT2D eigenvalue weighted by Gasteiger charge is 2.14. The van der Waals surface area contributed by atoms with Crippen LogP contribution in [0.15, 0.2) is 29.2 Å². The van der Waals surface area contributed by atoms with Crippen LogP contribution in [0.5, 0.6) is 0 Å². The van der Waals surface area contributed by atoms with E-state index in [-0.39, 0.29) is 5.69 Å².